The van der Waals surface area contributed by atoms with E-state index >= 15 is 0 Å². The van der Waals surface area contributed by atoms with E-state index in [-0.39, 0.29) is 11.8 Å². The van der Waals surface area contributed by atoms with Gasteiger partial charge in [0.2, 0.25) is 0 Å². The fraction of sp³-hybridized carbons (Fsp3) is 0.667. The van der Waals surface area contributed by atoms with Crippen molar-refractivity contribution in [2.45, 2.75) is 33.6 Å². The Labute approximate surface area is 77.9 Å². The lowest BCUT2D eigenvalue weighted by molar-refractivity contribution is 0.0836. The summed E-state index contributed by atoms with van der Waals surface area (Å²) in [5.74, 6) is 0.259. The van der Waals surface area contributed by atoms with Crippen LogP contribution in [-0.2, 0) is 0 Å². The highest BCUT2D eigenvalue weighted by molar-refractivity contribution is 5.79. The third kappa shape index (κ3) is 2.14. The molecule has 72 valence electrons. The molecule has 1 aromatic heterocycles. The van der Waals surface area contributed by atoms with E-state index in [9.17, 15) is 4.79 Å². The molecular weight excluding hydrogens is 166 g/mol. The zero-order valence-corrected chi connectivity index (χ0v) is 8.48. The fourth-order valence-electron chi connectivity index (χ4n) is 0.914. The number of aromatic nitrogens is 3. The van der Waals surface area contributed by atoms with Crippen LogP contribution < -0.4 is 0 Å². The molecule has 0 bridgehead atoms. The molecule has 0 atom stereocenters. The lowest BCUT2D eigenvalue weighted by Gasteiger charge is -2.01. The van der Waals surface area contributed by atoms with Crippen molar-refractivity contribution in [3.05, 3.63) is 11.9 Å². The predicted octanol–water partition coefficient (Wildman–Crippen LogP) is 1.70. The molecule has 0 radical (unpaired) electrons. The van der Waals surface area contributed by atoms with E-state index in [1.54, 1.807) is 6.20 Å². The van der Waals surface area contributed by atoms with Crippen LogP contribution in [0.2, 0.25) is 0 Å². The van der Waals surface area contributed by atoms with Crippen LogP contribution >= 0.6 is 0 Å². The summed E-state index contributed by atoms with van der Waals surface area (Å²) in [7, 11) is 0. The number of nitrogens with zero attached hydrogens (tertiary/aromatic N) is 3. The molecule has 1 aromatic rings. The Bertz CT molecular complexity index is 302. The van der Waals surface area contributed by atoms with Gasteiger partial charge in [0, 0.05) is 5.92 Å². The highest BCUT2D eigenvalue weighted by Crippen LogP contribution is 2.09. The molecule has 0 spiro atoms. The molecule has 0 N–H and O–H groups in total. The molecule has 13 heavy (non-hydrogen) atoms. The average molecular weight is 181 g/mol. The molecule has 0 saturated heterocycles. The Morgan fingerprint density at radius 1 is 1.38 bits per heavy atom. The van der Waals surface area contributed by atoms with Crippen molar-refractivity contribution in [2.24, 2.45) is 5.92 Å². The fourth-order valence-corrected chi connectivity index (χ4v) is 0.914. The highest BCUT2D eigenvalue weighted by atomic mass is 16.2. The van der Waals surface area contributed by atoms with Crippen molar-refractivity contribution in [1.82, 2.24) is 15.0 Å². The van der Waals surface area contributed by atoms with Gasteiger partial charge in [-0.15, -0.1) is 5.10 Å². The first kappa shape index (κ1) is 9.89. The van der Waals surface area contributed by atoms with Crippen LogP contribution in [0.1, 0.15) is 44.1 Å². The summed E-state index contributed by atoms with van der Waals surface area (Å²) in [5, 5.41) is 7.69. The van der Waals surface area contributed by atoms with Crippen molar-refractivity contribution in [1.29, 1.82) is 0 Å². The minimum Gasteiger partial charge on any atom is -0.272 e. The second-order valence-electron chi connectivity index (χ2n) is 3.74. The van der Waals surface area contributed by atoms with Gasteiger partial charge in [0.25, 0.3) is 5.91 Å². The second-order valence-corrected chi connectivity index (χ2v) is 3.74. The zero-order valence-electron chi connectivity index (χ0n) is 8.48. The molecule has 0 saturated carbocycles. The number of rotatable bonds is 2. The predicted molar refractivity (Wildman–Crippen MR) is 49.6 cm³/mol. The molecule has 0 amide bonds. The molecule has 4 heteroatoms. The van der Waals surface area contributed by atoms with E-state index in [0.717, 1.165) is 5.69 Å². The summed E-state index contributed by atoms with van der Waals surface area (Å²) in [4.78, 5) is 11.4. The van der Waals surface area contributed by atoms with Crippen molar-refractivity contribution < 1.29 is 4.79 Å². The third-order valence-corrected chi connectivity index (χ3v) is 1.82. The van der Waals surface area contributed by atoms with E-state index in [0.29, 0.717) is 5.92 Å². The quantitative estimate of drug-likeness (QED) is 0.697. The number of hydrogen-bond acceptors (Lipinski definition) is 3. The summed E-state index contributed by atoms with van der Waals surface area (Å²) >= 11 is 0. The van der Waals surface area contributed by atoms with Gasteiger partial charge in [0.1, 0.15) is 0 Å². The zero-order chi connectivity index (χ0) is 10.0. The Morgan fingerprint density at radius 3 is 2.38 bits per heavy atom. The first-order valence-corrected chi connectivity index (χ1v) is 4.48. The molecule has 0 aliphatic heterocycles. The summed E-state index contributed by atoms with van der Waals surface area (Å²) in [6.07, 6.45) is 1.70. The van der Waals surface area contributed by atoms with Crippen molar-refractivity contribution in [2.75, 3.05) is 0 Å². The normalized spacial score (nSPS) is 11.2. The van der Waals surface area contributed by atoms with Gasteiger partial charge >= 0.3 is 0 Å². The molecule has 4 nitrogen and oxygen atoms in total. The SMILES string of the molecule is CC(C)C(=O)n1cc(C(C)C)nn1. The van der Waals surface area contributed by atoms with Gasteiger partial charge in [-0.2, -0.15) is 4.68 Å². The Hall–Kier alpha value is -1.19. The van der Waals surface area contributed by atoms with Crippen molar-refractivity contribution in [3.8, 4) is 0 Å². The van der Waals surface area contributed by atoms with Gasteiger partial charge in [-0.3, -0.25) is 4.79 Å². The van der Waals surface area contributed by atoms with Crippen LogP contribution in [-0.4, -0.2) is 20.9 Å². The van der Waals surface area contributed by atoms with Crippen LogP contribution in [0.4, 0.5) is 0 Å². The van der Waals surface area contributed by atoms with Crippen LogP contribution in [0.25, 0.3) is 0 Å². The number of carbonyl (C=O) groups excluding carboxylic acids is 1. The maximum absolute atomic E-state index is 11.4. The molecule has 1 rings (SSSR count). The largest absolute Gasteiger partial charge is 0.272 e. The van der Waals surface area contributed by atoms with Crippen LogP contribution in [0.3, 0.4) is 0 Å². The van der Waals surface area contributed by atoms with Gasteiger partial charge in [-0.05, 0) is 5.92 Å². The monoisotopic (exact) mass is 181 g/mol. The Balaban J connectivity index is 2.86. The summed E-state index contributed by atoms with van der Waals surface area (Å²) in [5.41, 5.74) is 0.856. The second kappa shape index (κ2) is 3.68. The van der Waals surface area contributed by atoms with Gasteiger partial charge in [0.05, 0.1) is 11.9 Å². The van der Waals surface area contributed by atoms with Gasteiger partial charge in [-0.1, -0.05) is 32.9 Å². The minimum absolute atomic E-state index is 0.0144. The molecular formula is C9H15N3O. The molecule has 0 fully saturated rings. The summed E-state index contributed by atoms with van der Waals surface area (Å²) < 4.78 is 1.32. The van der Waals surface area contributed by atoms with Crippen molar-refractivity contribution >= 4 is 5.91 Å². The number of hydrogen-bond donors (Lipinski definition) is 0. The maximum Gasteiger partial charge on any atom is 0.250 e. The molecule has 0 unspecified atom stereocenters. The molecule has 0 aliphatic carbocycles. The van der Waals surface area contributed by atoms with E-state index in [2.05, 4.69) is 10.3 Å². The van der Waals surface area contributed by atoms with Crippen LogP contribution in [0.15, 0.2) is 6.20 Å². The lowest BCUT2D eigenvalue weighted by Crippen LogP contribution is -2.17. The van der Waals surface area contributed by atoms with E-state index < -0.39 is 0 Å². The van der Waals surface area contributed by atoms with E-state index in [1.807, 2.05) is 27.7 Å². The lowest BCUT2D eigenvalue weighted by atomic mass is 10.1. The highest BCUT2D eigenvalue weighted by Gasteiger charge is 2.13. The first-order valence-electron chi connectivity index (χ1n) is 4.48. The Kier molecular flexibility index (Phi) is 2.80. The smallest absolute Gasteiger partial charge is 0.250 e. The minimum atomic E-state index is -0.0401. The number of carbonyl (C=O) groups is 1. The van der Waals surface area contributed by atoms with Gasteiger partial charge in [0.15, 0.2) is 0 Å². The first-order chi connectivity index (χ1) is 6.02. The summed E-state index contributed by atoms with van der Waals surface area (Å²) in [6, 6.07) is 0. The average Bonchev–Trinajstić information content (AvgIpc) is 2.50. The topological polar surface area (TPSA) is 47.8 Å². The summed E-state index contributed by atoms with van der Waals surface area (Å²) in [6.45, 7) is 7.74. The standard InChI is InChI=1S/C9H15N3O/c1-6(2)8-5-12(11-10-8)9(13)7(3)4/h5-7H,1-4H3. The Morgan fingerprint density at radius 2 is 2.00 bits per heavy atom. The maximum atomic E-state index is 11.4. The van der Waals surface area contributed by atoms with E-state index in [1.165, 1.54) is 4.68 Å². The van der Waals surface area contributed by atoms with Gasteiger partial charge in [-0.25, -0.2) is 0 Å². The van der Waals surface area contributed by atoms with Gasteiger partial charge < -0.3 is 0 Å². The van der Waals surface area contributed by atoms with Crippen LogP contribution in [0, 0.1) is 5.92 Å². The third-order valence-electron chi connectivity index (χ3n) is 1.82. The molecule has 0 aliphatic rings. The molecule has 1 heterocycles. The van der Waals surface area contributed by atoms with E-state index in [4.69, 9.17) is 0 Å². The van der Waals surface area contributed by atoms with Crippen molar-refractivity contribution in [3.63, 3.8) is 0 Å². The van der Waals surface area contributed by atoms with Crippen LogP contribution in [0.5, 0.6) is 0 Å². The molecule has 0 aromatic carbocycles.